The minimum atomic E-state index is 0.221. The van der Waals surface area contributed by atoms with Gasteiger partial charge in [-0.15, -0.1) is 0 Å². The highest BCUT2D eigenvalue weighted by Gasteiger charge is 2.23. The maximum absolute atomic E-state index is 12.3. The van der Waals surface area contributed by atoms with Crippen LogP contribution in [0.5, 0.6) is 0 Å². The van der Waals surface area contributed by atoms with Crippen LogP contribution in [0.3, 0.4) is 0 Å². The van der Waals surface area contributed by atoms with Gasteiger partial charge in [0.2, 0.25) is 0 Å². The molecule has 1 aliphatic rings. The number of carbonyl (C=O) groups is 1. The minimum absolute atomic E-state index is 0.221. The van der Waals surface area contributed by atoms with E-state index in [1.165, 1.54) is 45.1 Å². The molecule has 1 saturated heterocycles. The number of nitrogens with zero attached hydrogens (tertiary/aromatic N) is 3. The Balaban J connectivity index is 2.13. The van der Waals surface area contributed by atoms with Gasteiger partial charge in [0, 0.05) is 39.3 Å². The molecule has 124 valence electrons. The molecule has 1 aliphatic heterocycles. The van der Waals surface area contributed by atoms with E-state index in [0.29, 0.717) is 0 Å². The Labute approximate surface area is 131 Å². The van der Waals surface area contributed by atoms with Crippen LogP contribution < -0.4 is 0 Å². The molecule has 1 heterocycles. The lowest BCUT2D eigenvalue weighted by atomic mass is 10.1. The third kappa shape index (κ3) is 6.68. The van der Waals surface area contributed by atoms with Crippen LogP contribution in [0.4, 0.5) is 4.79 Å². The van der Waals surface area contributed by atoms with Gasteiger partial charge in [0.25, 0.3) is 0 Å². The molecular formula is C17H35N3O. The minimum Gasteiger partial charge on any atom is -0.325 e. The second-order valence-electron chi connectivity index (χ2n) is 6.05. The third-order valence-corrected chi connectivity index (χ3v) is 4.50. The van der Waals surface area contributed by atoms with Gasteiger partial charge in [-0.25, -0.2) is 4.79 Å². The Morgan fingerprint density at radius 2 is 1.43 bits per heavy atom. The summed E-state index contributed by atoms with van der Waals surface area (Å²) in [4.78, 5) is 18.7. The molecule has 0 radical (unpaired) electrons. The first-order chi connectivity index (χ1) is 10.2. The van der Waals surface area contributed by atoms with Crippen LogP contribution >= 0.6 is 0 Å². The Kier molecular flexibility index (Phi) is 9.48. The van der Waals surface area contributed by atoms with E-state index in [4.69, 9.17) is 0 Å². The molecule has 2 amide bonds. The fourth-order valence-corrected chi connectivity index (χ4v) is 2.97. The van der Waals surface area contributed by atoms with Gasteiger partial charge >= 0.3 is 6.03 Å². The van der Waals surface area contributed by atoms with E-state index in [-0.39, 0.29) is 6.03 Å². The van der Waals surface area contributed by atoms with E-state index in [1.807, 2.05) is 9.80 Å². The lowest BCUT2D eigenvalue weighted by Crippen LogP contribution is -2.52. The molecule has 0 unspecified atom stereocenters. The van der Waals surface area contributed by atoms with Crippen LogP contribution in [0.25, 0.3) is 0 Å². The molecule has 0 aliphatic carbocycles. The second kappa shape index (κ2) is 10.9. The van der Waals surface area contributed by atoms with Crippen molar-refractivity contribution in [3.63, 3.8) is 0 Å². The fourth-order valence-electron chi connectivity index (χ4n) is 2.97. The van der Waals surface area contributed by atoms with E-state index in [0.717, 1.165) is 39.3 Å². The van der Waals surface area contributed by atoms with Crippen molar-refractivity contribution < 1.29 is 4.79 Å². The quantitative estimate of drug-likeness (QED) is 0.610. The van der Waals surface area contributed by atoms with E-state index in [9.17, 15) is 4.79 Å². The van der Waals surface area contributed by atoms with Crippen molar-refractivity contribution >= 4 is 6.03 Å². The van der Waals surface area contributed by atoms with Crippen LogP contribution in [0.15, 0.2) is 0 Å². The smallest absolute Gasteiger partial charge is 0.320 e. The number of urea groups is 1. The number of unbranched alkanes of at least 4 members (excludes halogenated alkanes) is 5. The number of piperazine rings is 1. The summed E-state index contributed by atoms with van der Waals surface area (Å²) in [6.07, 6.45) is 8.15. The van der Waals surface area contributed by atoms with Crippen molar-refractivity contribution in [2.24, 2.45) is 0 Å². The molecule has 4 heteroatoms. The summed E-state index contributed by atoms with van der Waals surface area (Å²) in [5, 5.41) is 0. The summed E-state index contributed by atoms with van der Waals surface area (Å²) < 4.78 is 0. The van der Waals surface area contributed by atoms with Crippen LogP contribution in [-0.4, -0.2) is 66.5 Å². The zero-order valence-corrected chi connectivity index (χ0v) is 14.4. The van der Waals surface area contributed by atoms with Crippen LogP contribution in [0.1, 0.15) is 59.3 Å². The number of hydrogen-bond acceptors (Lipinski definition) is 2. The van der Waals surface area contributed by atoms with Gasteiger partial charge in [-0.3, -0.25) is 4.90 Å². The topological polar surface area (TPSA) is 26.8 Å². The highest BCUT2D eigenvalue weighted by atomic mass is 16.2. The number of amides is 2. The first kappa shape index (κ1) is 18.3. The predicted molar refractivity (Wildman–Crippen MR) is 89.7 cm³/mol. The lowest BCUT2D eigenvalue weighted by molar-refractivity contribution is 0.114. The molecular weight excluding hydrogens is 262 g/mol. The van der Waals surface area contributed by atoms with Gasteiger partial charge in [0.1, 0.15) is 0 Å². The van der Waals surface area contributed by atoms with Crippen LogP contribution in [-0.2, 0) is 0 Å². The highest BCUT2D eigenvalue weighted by molar-refractivity contribution is 5.74. The van der Waals surface area contributed by atoms with Crippen molar-refractivity contribution in [3.8, 4) is 0 Å². The number of rotatable bonds is 9. The third-order valence-electron chi connectivity index (χ3n) is 4.50. The van der Waals surface area contributed by atoms with Gasteiger partial charge in [-0.2, -0.15) is 0 Å². The summed E-state index contributed by atoms with van der Waals surface area (Å²) in [5.41, 5.74) is 0. The summed E-state index contributed by atoms with van der Waals surface area (Å²) in [6.45, 7) is 13.1. The average Bonchev–Trinajstić information content (AvgIpc) is 2.52. The summed E-state index contributed by atoms with van der Waals surface area (Å²) in [5.74, 6) is 0. The zero-order valence-electron chi connectivity index (χ0n) is 14.4. The highest BCUT2D eigenvalue weighted by Crippen LogP contribution is 2.09. The molecule has 4 nitrogen and oxygen atoms in total. The molecule has 1 fully saturated rings. The molecule has 0 saturated carbocycles. The molecule has 0 atom stereocenters. The van der Waals surface area contributed by atoms with Crippen molar-refractivity contribution in [2.75, 3.05) is 45.8 Å². The first-order valence-corrected chi connectivity index (χ1v) is 8.99. The zero-order chi connectivity index (χ0) is 15.5. The van der Waals surface area contributed by atoms with Crippen LogP contribution in [0, 0.1) is 0 Å². The SMILES string of the molecule is CCCCCCCCN1CCN(C(=O)N(CC)CC)CC1. The van der Waals surface area contributed by atoms with Crippen molar-refractivity contribution in [1.82, 2.24) is 14.7 Å². The number of carbonyl (C=O) groups excluding carboxylic acids is 1. The Morgan fingerprint density at radius 1 is 0.857 bits per heavy atom. The predicted octanol–water partition coefficient (Wildman–Crippen LogP) is 3.43. The Bertz CT molecular complexity index is 271. The maximum atomic E-state index is 12.3. The van der Waals surface area contributed by atoms with Gasteiger partial charge in [0.15, 0.2) is 0 Å². The summed E-state index contributed by atoms with van der Waals surface area (Å²) in [7, 11) is 0. The summed E-state index contributed by atoms with van der Waals surface area (Å²) >= 11 is 0. The molecule has 21 heavy (non-hydrogen) atoms. The average molecular weight is 297 g/mol. The van der Waals surface area contributed by atoms with Crippen molar-refractivity contribution in [2.45, 2.75) is 59.3 Å². The van der Waals surface area contributed by atoms with Gasteiger partial charge < -0.3 is 9.80 Å². The van der Waals surface area contributed by atoms with Gasteiger partial charge in [-0.1, -0.05) is 39.0 Å². The largest absolute Gasteiger partial charge is 0.325 e. The second-order valence-corrected chi connectivity index (χ2v) is 6.05. The lowest BCUT2D eigenvalue weighted by Gasteiger charge is -2.37. The molecule has 0 aromatic heterocycles. The van der Waals surface area contributed by atoms with E-state index < -0.39 is 0 Å². The number of hydrogen-bond donors (Lipinski definition) is 0. The normalized spacial score (nSPS) is 16.2. The standard InChI is InChI=1S/C17H35N3O/c1-4-7-8-9-10-11-12-18-13-15-20(16-14-18)17(21)19(5-2)6-3/h4-16H2,1-3H3. The monoisotopic (exact) mass is 297 g/mol. The van der Waals surface area contributed by atoms with Crippen molar-refractivity contribution in [3.05, 3.63) is 0 Å². The fraction of sp³-hybridized carbons (Fsp3) is 0.941. The Morgan fingerprint density at radius 3 is 2.00 bits per heavy atom. The molecule has 0 bridgehead atoms. The van der Waals surface area contributed by atoms with Gasteiger partial charge in [-0.05, 0) is 26.8 Å². The molecule has 0 aromatic rings. The molecule has 1 rings (SSSR count). The van der Waals surface area contributed by atoms with Crippen LogP contribution in [0.2, 0.25) is 0 Å². The van der Waals surface area contributed by atoms with Crippen molar-refractivity contribution in [1.29, 1.82) is 0 Å². The van der Waals surface area contributed by atoms with E-state index >= 15 is 0 Å². The molecule has 0 spiro atoms. The molecule has 0 aromatic carbocycles. The summed E-state index contributed by atoms with van der Waals surface area (Å²) in [6, 6.07) is 0.221. The van der Waals surface area contributed by atoms with E-state index in [2.05, 4.69) is 25.7 Å². The van der Waals surface area contributed by atoms with E-state index in [1.54, 1.807) is 0 Å². The molecule has 0 N–H and O–H groups in total. The Hall–Kier alpha value is -0.770. The van der Waals surface area contributed by atoms with Gasteiger partial charge in [0.05, 0.1) is 0 Å². The maximum Gasteiger partial charge on any atom is 0.320 e. The first-order valence-electron chi connectivity index (χ1n) is 8.99.